The maximum absolute atomic E-state index is 10.7. The van der Waals surface area contributed by atoms with Crippen molar-refractivity contribution >= 4 is 18.4 Å². The fraction of sp³-hybridized carbons (Fsp3) is 0.417. The molecule has 4 heteroatoms. The van der Waals surface area contributed by atoms with Gasteiger partial charge in [-0.3, -0.25) is 4.79 Å². The highest BCUT2D eigenvalue weighted by molar-refractivity contribution is 5.85. The Labute approximate surface area is 101 Å². The molecule has 16 heavy (non-hydrogen) atoms. The first kappa shape index (κ1) is 13.0. The predicted octanol–water partition coefficient (Wildman–Crippen LogP) is 1.71. The Hall–Kier alpha value is -1.06. The van der Waals surface area contributed by atoms with Crippen molar-refractivity contribution in [1.82, 2.24) is 5.32 Å². The molecule has 1 saturated heterocycles. The van der Waals surface area contributed by atoms with Gasteiger partial charge in [0.05, 0.1) is 0 Å². The van der Waals surface area contributed by atoms with Crippen LogP contribution in [-0.4, -0.2) is 23.7 Å². The summed E-state index contributed by atoms with van der Waals surface area (Å²) in [6.07, 6.45) is 1.71. The average molecular weight is 242 g/mol. The molecule has 0 radical (unpaired) electrons. The normalized spacial score (nSPS) is 23.8. The zero-order chi connectivity index (χ0) is 10.7. The molecule has 0 aromatic heterocycles. The number of aliphatic carboxylic acids is 1. The molecule has 1 aliphatic heterocycles. The van der Waals surface area contributed by atoms with Crippen LogP contribution in [0.15, 0.2) is 30.3 Å². The maximum atomic E-state index is 10.7. The monoisotopic (exact) mass is 241 g/mol. The van der Waals surface area contributed by atoms with Crippen molar-refractivity contribution in [2.75, 3.05) is 6.54 Å². The van der Waals surface area contributed by atoms with Gasteiger partial charge in [-0.1, -0.05) is 30.3 Å². The summed E-state index contributed by atoms with van der Waals surface area (Å²) in [6.45, 7) is 0.811. The van der Waals surface area contributed by atoms with E-state index in [0.29, 0.717) is 5.92 Å². The second kappa shape index (κ2) is 5.87. The highest BCUT2D eigenvalue weighted by Gasteiger charge is 2.28. The van der Waals surface area contributed by atoms with Crippen LogP contribution in [0.3, 0.4) is 0 Å². The molecule has 1 aliphatic rings. The highest BCUT2D eigenvalue weighted by Crippen LogP contribution is 2.19. The Morgan fingerprint density at radius 1 is 1.38 bits per heavy atom. The Kier molecular flexibility index (Phi) is 4.77. The molecule has 0 amide bonds. The summed E-state index contributed by atoms with van der Waals surface area (Å²) in [6, 6.07) is 9.87. The Morgan fingerprint density at radius 2 is 2.06 bits per heavy atom. The quantitative estimate of drug-likeness (QED) is 0.847. The molecule has 0 spiro atoms. The Morgan fingerprint density at radius 3 is 2.62 bits per heavy atom. The Bertz CT molecular complexity index is 342. The molecule has 1 aromatic carbocycles. The van der Waals surface area contributed by atoms with E-state index in [1.165, 1.54) is 5.56 Å². The van der Waals surface area contributed by atoms with Crippen molar-refractivity contribution in [3.05, 3.63) is 35.9 Å². The van der Waals surface area contributed by atoms with Crippen molar-refractivity contribution in [3.63, 3.8) is 0 Å². The molecule has 0 unspecified atom stereocenters. The van der Waals surface area contributed by atoms with Crippen molar-refractivity contribution in [2.45, 2.75) is 18.9 Å². The van der Waals surface area contributed by atoms with Crippen LogP contribution in [-0.2, 0) is 11.2 Å². The van der Waals surface area contributed by atoms with Crippen LogP contribution in [0.25, 0.3) is 0 Å². The largest absolute Gasteiger partial charge is 0.480 e. The standard InChI is InChI=1S/C12H15NO2.ClH/c14-12(15)11-7-10(8-13-11)6-9-4-2-1-3-5-9;/h1-5,10-11,13H,6-8H2,(H,14,15);1H/t10-,11+;/m1./s1. The van der Waals surface area contributed by atoms with E-state index < -0.39 is 5.97 Å². The summed E-state index contributed by atoms with van der Waals surface area (Å²) < 4.78 is 0. The Balaban J connectivity index is 0.00000128. The van der Waals surface area contributed by atoms with Gasteiger partial charge >= 0.3 is 5.97 Å². The average Bonchev–Trinajstić information content (AvgIpc) is 2.68. The minimum absolute atomic E-state index is 0. The van der Waals surface area contributed by atoms with E-state index in [1.807, 2.05) is 18.2 Å². The molecular formula is C12H16ClNO2. The molecule has 2 N–H and O–H groups in total. The van der Waals surface area contributed by atoms with Crippen LogP contribution in [0.5, 0.6) is 0 Å². The zero-order valence-electron chi connectivity index (χ0n) is 8.93. The van der Waals surface area contributed by atoms with E-state index >= 15 is 0 Å². The molecule has 1 fully saturated rings. The van der Waals surface area contributed by atoms with E-state index in [2.05, 4.69) is 17.4 Å². The van der Waals surface area contributed by atoms with Gasteiger partial charge in [0.15, 0.2) is 0 Å². The molecule has 1 aromatic rings. The second-order valence-corrected chi connectivity index (χ2v) is 4.09. The molecule has 0 bridgehead atoms. The van der Waals surface area contributed by atoms with Gasteiger partial charge in [-0.25, -0.2) is 0 Å². The fourth-order valence-electron chi connectivity index (χ4n) is 2.10. The fourth-order valence-corrected chi connectivity index (χ4v) is 2.10. The van der Waals surface area contributed by atoms with Gasteiger partial charge in [0.2, 0.25) is 0 Å². The van der Waals surface area contributed by atoms with Gasteiger partial charge in [-0.15, -0.1) is 12.4 Å². The lowest BCUT2D eigenvalue weighted by Gasteiger charge is -2.07. The molecule has 0 aliphatic carbocycles. The first-order valence-electron chi connectivity index (χ1n) is 5.26. The summed E-state index contributed by atoms with van der Waals surface area (Å²) in [4.78, 5) is 10.7. The van der Waals surface area contributed by atoms with Crippen molar-refractivity contribution in [1.29, 1.82) is 0 Å². The van der Waals surface area contributed by atoms with Crippen molar-refractivity contribution in [2.24, 2.45) is 5.92 Å². The second-order valence-electron chi connectivity index (χ2n) is 4.09. The highest BCUT2D eigenvalue weighted by atomic mass is 35.5. The lowest BCUT2D eigenvalue weighted by Crippen LogP contribution is -2.29. The molecule has 3 nitrogen and oxygen atoms in total. The summed E-state index contributed by atoms with van der Waals surface area (Å²) in [7, 11) is 0. The predicted molar refractivity (Wildman–Crippen MR) is 64.9 cm³/mol. The van der Waals surface area contributed by atoms with Crippen molar-refractivity contribution < 1.29 is 9.90 Å². The smallest absolute Gasteiger partial charge is 0.320 e. The lowest BCUT2D eigenvalue weighted by molar-refractivity contribution is -0.139. The summed E-state index contributed by atoms with van der Waals surface area (Å²) in [5, 5.41) is 11.9. The van der Waals surface area contributed by atoms with E-state index in [1.54, 1.807) is 0 Å². The van der Waals surface area contributed by atoms with E-state index in [9.17, 15) is 4.79 Å². The molecule has 2 rings (SSSR count). The third kappa shape index (κ3) is 3.22. The van der Waals surface area contributed by atoms with Gasteiger partial charge in [0, 0.05) is 0 Å². The summed E-state index contributed by atoms with van der Waals surface area (Å²) >= 11 is 0. The maximum Gasteiger partial charge on any atom is 0.320 e. The van der Waals surface area contributed by atoms with Gasteiger partial charge in [-0.2, -0.15) is 0 Å². The molecule has 0 saturated carbocycles. The molecular weight excluding hydrogens is 226 g/mol. The van der Waals surface area contributed by atoms with E-state index in [-0.39, 0.29) is 18.4 Å². The van der Waals surface area contributed by atoms with Gasteiger partial charge < -0.3 is 10.4 Å². The molecule has 88 valence electrons. The number of benzene rings is 1. The van der Waals surface area contributed by atoms with Crippen LogP contribution >= 0.6 is 12.4 Å². The minimum atomic E-state index is -0.731. The summed E-state index contributed by atoms with van der Waals surface area (Å²) in [5.41, 5.74) is 1.29. The number of carbonyl (C=O) groups is 1. The van der Waals surface area contributed by atoms with Gasteiger partial charge in [0.1, 0.15) is 6.04 Å². The van der Waals surface area contributed by atoms with Crippen LogP contribution in [0.2, 0.25) is 0 Å². The number of carboxylic acids is 1. The first-order valence-corrected chi connectivity index (χ1v) is 5.26. The third-order valence-electron chi connectivity index (χ3n) is 2.89. The van der Waals surface area contributed by atoms with E-state index in [4.69, 9.17) is 5.11 Å². The first-order chi connectivity index (χ1) is 7.25. The van der Waals surface area contributed by atoms with Crippen LogP contribution in [0, 0.1) is 5.92 Å². The van der Waals surface area contributed by atoms with E-state index in [0.717, 1.165) is 19.4 Å². The topological polar surface area (TPSA) is 49.3 Å². The van der Waals surface area contributed by atoms with Crippen molar-refractivity contribution in [3.8, 4) is 0 Å². The van der Waals surface area contributed by atoms with Crippen LogP contribution in [0.1, 0.15) is 12.0 Å². The zero-order valence-corrected chi connectivity index (χ0v) is 9.74. The molecule has 2 atom stereocenters. The number of hydrogen-bond acceptors (Lipinski definition) is 2. The number of hydrogen-bond donors (Lipinski definition) is 2. The van der Waals surface area contributed by atoms with Gasteiger partial charge in [0.25, 0.3) is 0 Å². The number of halogens is 1. The lowest BCUT2D eigenvalue weighted by atomic mass is 9.97. The molecule has 1 heterocycles. The number of rotatable bonds is 3. The summed E-state index contributed by atoms with van der Waals surface area (Å²) in [5.74, 6) is -0.279. The third-order valence-corrected chi connectivity index (χ3v) is 2.89. The SMILES string of the molecule is Cl.O=C(O)[C@@H]1C[C@@H](Cc2ccccc2)CN1. The number of carboxylic acid groups (broad SMARTS) is 1. The van der Waals surface area contributed by atoms with Crippen LogP contribution < -0.4 is 5.32 Å². The number of nitrogens with one attached hydrogen (secondary N) is 1. The van der Waals surface area contributed by atoms with Gasteiger partial charge in [-0.05, 0) is 30.9 Å². The van der Waals surface area contributed by atoms with Crippen LogP contribution in [0.4, 0.5) is 0 Å². The minimum Gasteiger partial charge on any atom is -0.480 e.